The van der Waals surface area contributed by atoms with Crippen molar-refractivity contribution in [2.24, 2.45) is 5.92 Å². The summed E-state index contributed by atoms with van der Waals surface area (Å²) in [5.41, 5.74) is 2.43. The first-order chi connectivity index (χ1) is 9.98. The Hall–Kier alpha value is -1.26. The average Bonchev–Trinajstić information content (AvgIpc) is 3.09. The monoisotopic (exact) mass is 289 g/mol. The molecule has 1 aromatic carbocycles. The van der Waals surface area contributed by atoms with Gasteiger partial charge in [0.2, 0.25) is 0 Å². The third-order valence-electron chi connectivity index (χ3n) is 5.27. The highest BCUT2D eigenvalue weighted by Gasteiger charge is 2.61. The Balaban J connectivity index is 1.62. The van der Waals surface area contributed by atoms with E-state index in [1.807, 2.05) is 0 Å². The fourth-order valence-corrected chi connectivity index (χ4v) is 4.38. The lowest BCUT2D eigenvalue weighted by Gasteiger charge is -2.42. The van der Waals surface area contributed by atoms with Gasteiger partial charge in [-0.15, -0.1) is 0 Å². The molecule has 3 aliphatic heterocycles. The van der Waals surface area contributed by atoms with Gasteiger partial charge in [0.15, 0.2) is 11.5 Å². The first-order valence-electron chi connectivity index (χ1n) is 7.95. The SMILES string of the molecule is CC(C)CC12CN3CCc4cc(O)c(O)cc4C3CC1O2. The quantitative estimate of drug-likeness (QED) is 0.649. The van der Waals surface area contributed by atoms with E-state index in [9.17, 15) is 10.2 Å². The Morgan fingerprint density at radius 3 is 2.86 bits per heavy atom. The molecule has 0 radical (unpaired) electrons. The molecule has 0 amide bonds. The Kier molecular flexibility index (Phi) is 2.79. The molecule has 2 fully saturated rings. The summed E-state index contributed by atoms with van der Waals surface area (Å²) in [6, 6.07) is 3.80. The van der Waals surface area contributed by atoms with Crippen LogP contribution in [0.1, 0.15) is 43.9 Å². The maximum atomic E-state index is 9.81. The van der Waals surface area contributed by atoms with E-state index in [0.29, 0.717) is 18.1 Å². The molecule has 2 N–H and O–H groups in total. The van der Waals surface area contributed by atoms with Crippen LogP contribution in [0, 0.1) is 5.92 Å². The fourth-order valence-electron chi connectivity index (χ4n) is 4.38. The molecule has 4 nitrogen and oxygen atoms in total. The highest BCUT2D eigenvalue weighted by Crippen LogP contribution is 2.54. The summed E-state index contributed by atoms with van der Waals surface area (Å²) in [5.74, 6) is 0.644. The first kappa shape index (κ1) is 13.4. The maximum absolute atomic E-state index is 9.81. The molecule has 3 atom stereocenters. The van der Waals surface area contributed by atoms with Crippen LogP contribution in [0.5, 0.6) is 11.5 Å². The average molecular weight is 289 g/mol. The second-order valence-corrected chi connectivity index (χ2v) is 7.28. The molecule has 0 spiro atoms. The normalized spacial score (nSPS) is 34.2. The molecule has 3 unspecified atom stereocenters. The smallest absolute Gasteiger partial charge is 0.157 e. The maximum Gasteiger partial charge on any atom is 0.157 e. The summed E-state index contributed by atoms with van der Waals surface area (Å²) in [7, 11) is 0. The number of hydrogen-bond acceptors (Lipinski definition) is 4. The predicted octanol–water partition coefficient (Wildman–Crippen LogP) is 2.58. The molecule has 0 saturated carbocycles. The van der Waals surface area contributed by atoms with Gasteiger partial charge < -0.3 is 14.9 Å². The van der Waals surface area contributed by atoms with Crippen molar-refractivity contribution in [3.63, 3.8) is 0 Å². The Labute approximate surface area is 125 Å². The molecule has 3 heterocycles. The standard InChI is InChI=1S/C17H23NO3/c1-10(2)8-17-9-18-4-3-11-5-14(19)15(20)6-12(11)13(18)7-16(17)21-17/h5-6,10,13,16,19-20H,3-4,7-9H2,1-2H3. The van der Waals surface area contributed by atoms with Crippen molar-refractivity contribution in [3.8, 4) is 11.5 Å². The molecule has 4 heteroatoms. The van der Waals surface area contributed by atoms with Gasteiger partial charge in [-0.05, 0) is 48.4 Å². The van der Waals surface area contributed by atoms with E-state index in [-0.39, 0.29) is 17.1 Å². The molecule has 0 aromatic heterocycles. The van der Waals surface area contributed by atoms with Crippen molar-refractivity contribution in [1.82, 2.24) is 4.90 Å². The van der Waals surface area contributed by atoms with Crippen LogP contribution in [-0.4, -0.2) is 39.9 Å². The fraction of sp³-hybridized carbons (Fsp3) is 0.647. The van der Waals surface area contributed by atoms with Gasteiger partial charge in [-0.25, -0.2) is 0 Å². The van der Waals surface area contributed by atoms with Crippen LogP contribution in [0.15, 0.2) is 12.1 Å². The second kappa shape index (κ2) is 4.37. The predicted molar refractivity (Wildman–Crippen MR) is 79.5 cm³/mol. The summed E-state index contributed by atoms with van der Waals surface area (Å²) < 4.78 is 6.08. The van der Waals surface area contributed by atoms with Gasteiger partial charge in [-0.1, -0.05) is 13.8 Å². The number of rotatable bonds is 2. The highest BCUT2D eigenvalue weighted by atomic mass is 16.6. The lowest BCUT2D eigenvalue weighted by molar-refractivity contribution is 0.112. The molecule has 1 aromatic rings. The van der Waals surface area contributed by atoms with Crippen LogP contribution in [0.25, 0.3) is 0 Å². The van der Waals surface area contributed by atoms with Crippen molar-refractivity contribution >= 4 is 0 Å². The van der Waals surface area contributed by atoms with Gasteiger partial charge in [-0.2, -0.15) is 0 Å². The van der Waals surface area contributed by atoms with E-state index in [1.54, 1.807) is 12.1 Å². The van der Waals surface area contributed by atoms with Gasteiger partial charge >= 0.3 is 0 Å². The molecule has 0 bridgehead atoms. The van der Waals surface area contributed by atoms with Crippen LogP contribution in [0.3, 0.4) is 0 Å². The van der Waals surface area contributed by atoms with Crippen LogP contribution in [0.2, 0.25) is 0 Å². The van der Waals surface area contributed by atoms with Crippen molar-refractivity contribution in [2.45, 2.75) is 50.9 Å². The largest absolute Gasteiger partial charge is 0.504 e. The number of fused-ring (bicyclic) bond motifs is 4. The van der Waals surface area contributed by atoms with E-state index >= 15 is 0 Å². The van der Waals surface area contributed by atoms with Crippen molar-refractivity contribution in [1.29, 1.82) is 0 Å². The van der Waals surface area contributed by atoms with Crippen LogP contribution in [-0.2, 0) is 11.2 Å². The number of nitrogens with zero attached hydrogens (tertiary/aromatic N) is 1. The molecule has 3 aliphatic rings. The van der Waals surface area contributed by atoms with E-state index in [1.165, 1.54) is 11.1 Å². The molecule has 4 rings (SSSR count). The first-order valence-corrected chi connectivity index (χ1v) is 7.95. The van der Waals surface area contributed by atoms with Crippen LogP contribution < -0.4 is 0 Å². The molecule has 0 aliphatic carbocycles. The number of benzene rings is 1. The minimum atomic E-state index is -0.00803. The topological polar surface area (TPSA) is 56.2 Å². The number of epoxide rings is 1. The Morgan fingerprint density at radius 2 is 2.10 bits per heavy atom. The lowest BCUT2D eigenvalue weighted by atomic mass is 9.81. The van der Waals surface area contributed by atoms with E-state index in [4.69, 9.17) is 4.74 Å². The third kappa shape index (κ3) is 2.04. The summed E-state index contributed by atoms with van der Waals surface area (Å²) in [5, 5.41) is 19.5. The summed E-state index contributed by atoms with van der Waals surface area (Å²) in [6.45, 7) is 6.52. The molecule has 114 valence electrons. The van der Waals surface area contributed by atoms with E-state index in [2.05, 4.69) is 18.7 Å². The molecule has 2 saturated heterocycles. The number of phenols is 2. The van der Waals surface area contributed by atoms with Crippen molar-refractivity contribution in [2.75, 3.05) is 13.1 Å². The minimum Gasteiger partial charge on any atom is -0.504 e. The van der Waals surface area contributed by atoms with E-state index in [0.717, 1.165) is 32.4 Å². The highest BCUT2D eigenvalue weighted by molar-refractivity contribution is 5.48. The lowest BCUT2D eigenvalue weighted by Crippen LogP contribution is -2.47. The van der Waals surface area contributed by atoms with Crippen LogP contribution >= 0.6 is 0 Å². The Bertz CT molecular complexity index is 586. The Morgan fingerprint density at radius 1 is 1.33 bits per heavy atom. The summed E-state index contributed by atoms with van der Waals surface area (Å²) >= 11 is 0. The van der Waals surface area contributed by atoms with Crippen molar-refractivity contribution < 1.29 is 14.9 Å². The number of piperidine rings is 1. The van der Waals surface area contributed by atoms with Crippen LogP contribution in [0.4, 0.5) is 0 Å². The van der Waals surface area contributed by atoms with Gasteiger partial charge in [0.25, 0.3) is 0 Å². The summed E-state index contributed by atoms with van der Waals surface area (Å²) in [4.78, 5) is 2.50. The number of aromatic hydroxyl groups is 2. The number of ether oxygens (including phenoxy) is 1. The zero-order chi connectivity index (χ0) is 14.8. The van der Waals surface area contributed by atoms with Gasteiger partial charge in [0.1, 0.15) is 5.60 Å². The van der Waals surface area contributed by atoms with Gasteiger partial charge in [0, 0.05) is 19.1 Å². The zero-order valence-corrected chi connectivity index (χ0v) is 12.7. The number of phenolic OH excluding ortho intramolecular Hbond substituents is 2. The molecule has 21 heavy (non-hydrogen) atoms. The third-order valence-corrected chi connectivity index (χ3v) is 5.27. The van der Waals surface area contributed by atoms with Crippen molar-refractivity contribution in [3.05, 3.63) is 23.3 Å². The van der Waals surface area contributed by atoms with Gasteiger partial charge in [-0.3, -0.25) is 4.90 Å². The van der Waals surface area contributed by atoms with E-state index < -0.39 is 0 Å². The second-order valence-electron chi connectivity index (χ2n) is 7.28. The van der Waals surface area contributed by atoms with Gasteiger partial charge in [0.05, 0.1) is 6.10 Å². The minimum absolute atomic E-state index is 0.00478. The summed E-state index contributed by atoms with van der Waals surface area (Å²) in [6.07, 6.45) is 3.43. The zero-order valence-electron chi connectivity index (χ0n) is 12.7. The molecular weight excluding hydrogens is 266 g/mol. The number of hydrogen-bond donors (Lipinski definition) is 2. The molecular formula is C17H23NO3.